The van der Waals surface area contributed by atoms with Gasteiger partial charge in [-0.2, -0.15) is 11.8 Å². The number of aliphatic hydroxyl groups excluding tert-OH is 1. The van der Waals surface area contributed by atoms with Gasteiger partial charge in [0, 0.05) is 17.9 Å². The zero-order valence-corrected chi connectivity index (χ0v) is 13.1. The molecule has 0 spiro atoms. The lowest BCUT2D eigenvalue weighted by Gasteiger charge is -2.38. The summed E-state index contributed by atoms with van der Waals surface area (Å²) in [6, 6.07) is 0.698. The molecule has 3 heteroatoms. The molecule has 0 radical (unpaired) electrons. The molecule has 1 saturated carbocycles. The summed E-state index contributed by atoms with van der Waals surface area (Å²) in [6.45, 7) is 8.44. The van der Waals surface area contributed by atoms with Gasteiger partial charge in [-0.3, -0.25) is 0 Å². The van der Waals surface area contributed by atoms with E-state index in [1.807, 2.05) is 0 Å². The molecule has 2 nitrogen and oxygen atoms in total. The third kappa shape index (κ3) is 5.50. The predicted octanol–water partition coefficient (Wildman–Crippen LogP) is 3.29. The van der Waals surface area contributed by atoms with E-state index in [4.69, 9.17) is 5.11 Å². The molecular weight excluding hydrogens is 242 g/mol. The molecule has 0 bridgehead atoms. The molecular formula is C15H31NOS. The molecule has 18 heavy (non-hydrogen) atoms. The third-order valence-corrected chi connectivity index (χ3v) is 5.54. The van der Waals surface area contributed by atoms with Crippen LogP contribution in [0.15, 0.2) is 0 Å². The molecule has 0 saturated heterocycles. The summed E-state index contributed by atoms with van der Waals surface area (Å²) in [6.07, 6.45) is 6.23. The average molecular weight is 273 g/mol. The lowest BCUT2D eigenvalue weighted by Crippen LogP contribution is -2.43. The molecule has 3 atom stereocenters. The van der Waals surface area contributed by atoms with Gasteiger partial charge in [0.25, 0.3) is 0 Å². The number of nitrogens with one attached hydrogen (secondary N) is 1. The number of aliphatic hydroxyl groups is 1. The number of thioether (sulfide) groups is 1. The van der Waals surface area contributed by atoms with Crippen LogP contribution in [-0.4, -0.2) is 35.3 Å². The first-order chi connectivity index (χ1) is 8.69. The van der Waals surface area contributed by atoms with Crippen molar-refractivity contribution < 1.29 is 5.11 Å². The van der Waals surface area contributed by atoms with Gasteiger partial charge in [0.2, 0.25) is 0 Å². The minimum Gasteiger partial charge on any atom is -0.396 e. The van der Waals surface area contributed by atoms with Crippen LogP contribution in [0.3, 0.4) is 0 Å². The van der Waals surface area contributed by atoms with Gasteiger partial charge in [0.15, 0.2) is 0 Å². The maximum absolute atomic E-state index is 8.91. The van der Waals surface area contributed by atoms with E-state index in [2.05, 4.69) is 37.8 Å². The van der Waals surface area contributed by atoms with Gasteiger partial charge in [-0.25, -0.2) is 0 Å². The van der Waals surface area contributed by atoms with Crippen LogP contribution >= 0.6 is 11.8 Å². The first kappa shape index (κ1) is 16.3. The Bertz CT molecular complexity index is 211. The van der Waals surface area contributed by atoms with Gasteiger partial charge in [0.05, 0.1) is 0 Å². The Morgan fingerprint density at radius 1 is 1.33 bits per heavy atom. The summed E-state index contributed by atoms with van der Waals surface area (Å²) in [5.74, 6) is 2.82. The van der Waals surface area contributed by atoms with Gasteiger partial charge < -0.3 is 10.4 Å². The summed E-state index contributed by atoms with van der Waals surface area (Å²) in [7, 11) is 0. The molecule has 0 aromatic heterocycles. The van der Waals surface area contributed by atoms with E-state index < -0.39 is 0 Å². The Balaban J connectivity index is 2.44. The monoisotopic (exact) mass is 273 g/mol. The second-order valence-electron chi connectivity index (χ2n) is 5.86. The van der Waals surface area contributed by atoms with Crippen LogP contribution in [0.25, 0.3) is 0 Å². The molecule has 0 aromatic carbocycles. The zero-order chi connectivity index (χ0) is 13.4. The second-order valence-corrected chi connectivity index (χ2v) is 7.21. The molecule has 0 amide bonds. The molecule has 0 aromatic rings. The second kappa shape index (κ2) is 9.22. The van der Waals surface area contributed by atoms with Gasteiger partial charge >= 0.3 is 0 Å². The summed E-state index contributed by atoms with van der Waals surface area (Å²) in [5.41, 5.74) is 0. The molecule has 1 rings (SSSR count). The molecule has 1 fully saturated rings. The minimum absolute atomic E-state index is 0.334. The normalized spacial score (nSPS) is 28.8. The molecule has 1 aliphatic rings. The van der Waals surface area contributed by atoms with E-state index in [9.17, 15) is 0 Å². The standard InChI is InChI=1S/C15H31NOS/c1-4-8-16-14-7-6-13(12(2)3)11-15(14)18-10-5-9-17/h12-17H,4-11H2,1-3H3. The van der Waals surface area contributed by atoms with Gasteiger partial charge in [-0.1, -0.05) is 20.8 Å². The Morgan fingerprint density at radius 2 is 2.11 bits per heavy atom. The smallest absolute Gasteiger partial charge is 0.0438 e. The fourth-order valence-electron chi connectivity index (χ4n) is 2.81. The van der Waals surface area contributed by atoms with E-state index in [-0.39, 0.29) is 0 Å². The maximum atomic E-state index is 8.91. The Hall–Kier alpha value is 0.270. The number of rotatable bonds is 8. The highest BCUT2D eigenvalue weighted by Gasteiger charge is 2.31. The highest BCUT2D eigenvalue weighted by molar-refractivity contribution is 7.99. The Kier molecular flexibility index (Phi) is 8.36. The van der Waals surface area contributed by atoms with Crippen molar-refractivity contribution in [3.8, 4) is 0 Å². The SMILES string of the molecule is CCCNC1CCC(C(C)C)CC1SCCCO. The molecule has 0 aliphatic heterocycles. The summed E-state index contributed by atoms with van der Waals surface area (Å²) in [4.78, 5) is 0. The summed E-state index contributed by atoms with van der Waals surface area (Å²) >= 11 is 2.08. The van der Waals surface area contributed by atoms with Gasteiger partial charge in [0.1, 0.15) is 0 Å². The molecule has 108 valence electrons. The highest BCUT2D eigenvalue weighted by atomic mass is 32.2. The van der Waals surface area contributed by atoms with E-state index in [0.717, 1.165) is 35.8 Å². The molecule has 3 unspecified atom stereocenters. The lowest BCUT2D eigenvalue weighted by atomic mass is 9.79. The fraction of sp³-hybridized carbons (Fsp3) is 1.00. The maximum Gasteiger partial charge on any atom is 0.0438 e. The van der Waals surface area contributed by atoms with Crippen LogP contribution in [0, 0.1) is 11.8 Å². The van der Waals surface area contributed by atoms with Gasteiger partial charge in [-0.15, -0.1) is 0 Å². The Morgan fingerprint density at radius 3 is 2.72 bits per heavy atom. The Labute approximate surface area is 117 Å². The van der Waals surface area contributed by atoms with Gasteiger partial charge in [-0.05, 0) is 56.2 Å². The lowest BCUT2D eigenvalue weighted by molar-refractivity contribution is 0.246. The largest absolute Gasteiger partial charge is 0.396 e. The van der Waals surface area contributed by atoms with E-state index >= 15 is 0 Å². The van der Waals surface area contributed by atoms with Crippen molar-refractivity contribution in [2.75, 3.05) is 18.9 Å². The molecule has 1 aliphatic carbocycles. The first-order valence-electron chi connectivity index (χ1n) is 7.64. The van der Waals surface area contributed by atoms with Crippen molar-refractivity contribution in [3.63, 3.8) is 0 Å². The quantitative estimate of drug-likeness (QED) is 0.666. The van der Waals surface area contributed by atoms with E-state index in [0.29, 0.717) is 12.6 Å². The fourth-order valence-corrected chi connectivity index (χ4v) is 4.26. The van der Waals surface area contributed by atoms with Crippen LogP contribution in [0.1, 0.15) is 52.9 Å². The topological polar surface area (TPSA) is 32.3 Å². The third-order valence-electron chi connectivity index (χ3n) is 4.07. The number of hydrogen-bond acceptors (Lipinski definition) is 3. The molecule has 0 heterocycles. The predicted molar refractivity (Wildman–Crippen MR) is 82.2 cm³/mol. The molecule has 2 N–H and O–H groups in total. The van der Waals surface area contributed by atoms with Crippen molar-refractivity contribution in [1.29, 1.82) is 0 Å². The minimum atomic E-state index is 0.334. The van der Waals surface area contributed by atoms with Crippen molar-refractivity contribution in [3.05, 3.63) is 0 Å². The summed E-state index contributed by atoms with van der Waals surface area (Å²) in [5, 5.41) is 13.4. The summed E-state index contributed by atoms with van der Waals surface area (Å²) < 4.78 is 0. The van der Waals surface area contributed by atoms with Crippen molar-refractivity contribution >= 4 is 11.8 Å². The first-order valence-corrected chi connectivity index (χ1v) is 8.69. The van der Waals surface area contributed by atoms with E-state index in [1.165, 1.54) is 25.7 Å². The van der Waals surface area contributed by atoms with Crippen molar-refractivity contribution in [1.82, 2.24) is 5.32 Å². The van der Waals surface area contributed by atoms with Crippen LogP contribution in [-0.2, 0) is 0 Å². The zero-order valence-electron chi connectivity index (χ0n) is 12.3. The average Bonchev–Trinajstić information content (AvgIpc) is 2.37. The van der Waals surface area contributed by atoms with Crippen LogP contribution in [0.5, 0.6) is 0 Å². The number of hydrogen-bond donors (Lipinski definition) is 2. The van der Waals surface area contributed by atoms with Crippen molar-refractivity contribution in [2.24, 2.45) is 11.8 Å². The van der Waals surface area contributed by atoms with Crippen LogP contribution < -0.4 is 5.32 Å². The van der Waals surface area contributed by atoms with Crippen LogP contribution in [0.4, 0.5) is 0 Å². The highest BCUT2D eigenvalue weighted by Crippen LogP contribution is 2.36. The van der Waals surface area contributed by atoms with Crippen LogP contribution in [0.2, 0.25) is 0 Å². The van der Waals surface area contributed by atoms with Crippen molar-refractivity contribution in [2.45, 2.75) is 64.2 Å². The van der Waals surface area contributed by atoms with E-state index in [1.54, 1.807) is 0 Å².